The van der Waals surface area contributed by atoms with Gasteiger partial charge in [-0.25, -0.2) is 4.79 Å². The monoisotopic (exact) mass is 273 g/mol. The second-order valence-corrected chi connectivity index (χ2v) is 5.88. The third-order valence-corrected chi connectivity index (χ3v) is 3.71. The van der Waals surface area contributed by atoms with E-state index in [9.17, 15) is 13.8 Å². The maximum absolute atomic E-state index is 11.7. The summed E-state index contributed by atoms with van der Waals surface area (Å²) in [4.78, 5) is 23.2. The first kappa shape index (κ1) is 14.8. The quantitative estimate of drug-likeness (QED) is 0.742. The van der Waals surface area contributed by atoms with Crippen LogP contribution in [0.1, 0.15) is 12.6 Å². The predicted octanol–water partition coefficient (Wildman–Crippen LogP) is -1.06. The van der Waals surface area contributed by atoms with Crippen LogP contribution in [0, 0.1) is 0 Å². The topological polar surface area (TPSA) is 73.1 Å². The summed E-state index contributed by atoms with van der Waals surface area (Å²) in [5.74, 6) is 0.540. The Bertz CT molecular complexity index is 562. The maximum Gasteiger partial charge on any atom is 0.330 e. The van der Waals surface area contributed by atoms with Gasteiger partial charge in [0.15, 0.2) is 0 Å². The Morgan fingerprint density at radius 2 is 1.94 bits per heavy atom. The lowest BCUT2D eigenvalue weighted by molar-refractivity contribution is 0.551. The van der Waals surface area contributed by atoms with Crippen LogP contribution >= 0.6 is 0 Å². The summed E-state index contributed by atoms with van der Waals surface area (Å²) in [6.45, 7) is 2.32. The Morgan fingerprint density at radius 1 is 1.33 bits per heavy atom. The van der Waals surface area contributed by atoms with Crippen LogP contribution in [0.25, 0.3) is 0 Å². The van der Waals surface area contributed by atoms with E-state index in [1.807, 2.05) is 6.92 Å². The van der Waals surface area contributed by atoms with Gasteiger partial charge in [-0.15, -0.1) is 0 Å². The number of hydrogen-bond acceptors (Lipinski definition) is 4. The van der Waals surface area contributed by atoms with Crippen LogP contribution in [0.15, 0.2) is 15.7 Å². The van der Waals surface area contributed by atoms with Crippen molar-refractivity contribution in [3.8, 4) is 0 Å². The van der Waals surface area contributed by atoms with Crippen LogP contribution in [-0.2, 0) is 31.4 Å². The molecule has 0 saturated heterocycles. The lowest BCUT2D eigenvalue weighted by Gasteiger charge is -2.14. The highest BCUT2D eigenvalue weighted by atomic mass is 32.2. The molecule has 0 aliphatic rings. The highest BCUT2D eigenvalue weighted by Gasteiger charge is 2.08. The van der Waals surface area contributed by atoms with E-state index in [1.54, 1.807) is 13.3 Å². The highest BCUT2D eigenvalue weighted by Crippen LogP contribution is 1.93. The normalized spacial score (nSPS) is 14.4. The van der Waals surface area contributed by atoms with Gasteiger partial charge in [-0.1, -0.05) is 0 Å². The third-order valence-electron chi connectivity index (χ3n) is 2.74. The first-order valence-corrected chi connectivity index (χ1v) is 7.35. The molecule has 1 aromatic rings. The fourth-order valence-corrected chi connectivity index (χ4v) is 2.46. The second kappa shape index (κ2) is 6.10. The molecule has 0 aliphatic carbocycles. The van der Waals surface area contributed by atoms with E-state index in [1.165, 1.54) is 17.7 Å². The van der Waals surface area contributed by atoms with Crippen LogP contribution < -0.4 is 16.6 Å². The average molecular weight is 273 g/mol. The van der Waals surface area contributed by atoms with Gasteiger partial charge in [-0.05, 0) is 6.92 Å². The maximum atomic E-state index is 11.7. The molecule has 0 fully saturated rings. The first-order chi connectivity index (χ1) is 8.32. The molecule has 2 unspecified atom stereocenters. The van der Waals surface area contributed by atoms with E-state index < -0.39 is 10.8 Å². The summed E-state index contributed by atoms with van der Waals surface area (Å²) in [5.41, 5.74) is -0.0375. The van der Waals surface area contributed by atoms with E-state index in [0.717, 1.165) is 4.57 Å². The summed E-state index contributed by atoms with van der Waals surface area (Å²) in [6, 6.07) is 1.50. The van der Waals surface area contributed by atoms with E-state index >= 15 is 0 Å². The van der Waals surface area contributed by atoms with E-state index in [4.69, 9.17) is 0 Å². The summed E-state index contributed by atoms with van der Waals surface area (Å²) in [5, 5.41) is 3.14. The largest absolute Gasteiger partial charge is 0.330 e. The molecule has 1 rings (SSSR count). The van der Waals surface area contributed by atoms with Gasteiger partial charge in [-0.3, -0.25) is 18.1 Å². The van der Waals surface area contributed by atoms with Crippen LogP contribution in [0.3, 0.4) is 0 Å². The second-order valence-electron chi connectivity index (χ2n) is 4.40. The Balaban J connectivity index is 2.84. The number of nitrogens with zero attached hydrogens (tertiary/aromatic N) is 2. The molecular formula is C11H19N3O3S. The molecule has 0 amide bonds. The molecule has 0 spiro atoms. The molecule has 0 aliphatic heterocycles. The summed E-state index contributed by atoms with van der Waals surface area (Å²) in [6.07, 6.45) is 1.65. The SMILES string of the molecule is CC(CS(C)=O)NCc1cc(=O)n(C)c(=O)n1C. The number of nitrogens with one attached hydrogen (secondary N) is 1. The van der Waals surface area contributed by atoms with Gasteiger partial charge in [0.05, 0.1) is 0 Å². The zero-order valence-electron chi connectivity index (χ0n) is 11.1. The van der Waals surface area contributed by atoms with Crippen molar-refractivity contribution in [3.05, 3.63) is 32.6 Å². The zero-order chi connectivity index (χ0) is 13.9. The summed E-state index contributed by atoms with van der Waals surface area (Å²) in [7, 11) is 2.21. The summed E-state index contributed by atoms with van der Waals surface area (Å²) >= 11 is 0. The number of aromatic nitrogens is 2. The van der Waals surface area contributed by atoms with Gasteiger partial charge >= 0.3 is 5.69 Å². The Hall–Kier alpha value is -1.21. The van der Waals surface area contributed by atoms with Crippen LogP contribution in [0.5, 0.6) is 0 Å². The molecule has 0 saturated carbocycles. The number of hydrogen-bond donors (Lipinski definition) is 1. The minimum Gasteiger partial charge on any atom is -0.308 e. The van der Waals surface area contributed by atoms with Gasteiger partial charge < -0.3 is 5.32 Å². The van der Waals surface area contributed by atoms with Crippen molar-refractivity contribution >= 4 is 10.8 Å². The Kier molecular flexibility index (Phi) is 5.03. The van der Waals surface area contributed by atoms with Crippen molar-refractivity contribution in [3.63, 3.8) is 0 Å². The zero-order valence-corrected chi connectivity index (χ0v) is 11.9. The lowest BCUT2D eigenvalue weighted by atomic mass is 10.3. The lowest BCUT2D eigenvalue weighted by Crippen LogP contribution is -2.40. The van der Waals surface area contributed by atoms with Crippen molar-refractivity contribution in [2.45, 2.75) is 19.5 Å². The average Bonchev–Trinajstić information content (AvgIpc) is 2.28. The van der Waals surface area contributed by atoms with Crippen LogP contribution in [0.4, 0.5) is 0 Å². The van der Waals surface area contributed by atoms with E-state index in [0.29, 0.717) is 18.0 Å². The highest BCUT2D eigenvalue weighted by molar-refractivity contribution is 7.84. The molecule has 1 heterocycles. The van der Waals surface area contributed by atoms with Gasteiger partial charge in [0.25, 0.3) is 5.56 Å². The van der Waals surface area contributed by atoms with E-state index in [2.05, 4.69) is 5.32 Å². The minimum atomic E-state index is -0.868. The standard InChI is InChI=1S/C11H19N3O3S/c1-8(7-18(4)17)12-6-9-5-10(15)14(3)11(16)13(9)2/h5,8,12H,6-7H2,1-4H3. The fourth-order valence-electron chi connectivity index (χ4n) is 1.64. The van der Waals surface area contributed by atoms with Crippen LogP contribution in [0.2, 0.25) is 0 Å². The van der Waals surface area contributed by atoms with Crippen molar-refractivity contribution in [1.29, 1.82) is 0 Å². The van der Waals surface area contributed by atoms with Crippen molar-refractivity contribution in [2.75, 3.05) is 12.0 Å². The van der Waals surface area contributed by atoms with Gasteiger partial charge in [0, 0.05) is 61.3 Å². The van der Waals surface area contributed by atoms with Crippen molar-refractivity contribution < 1.29 is 4.21 Å². The summed E-state index contributed by atoms with van der Waals surface area (Å²) < 4.78 is 13.5. The molecule has 0 radical (unpaired) electrons. The molecule has 1 N–H and O–H groups in total. The molecule has 0 bridgehead atoms. The molecule has 2 atom stereocenters. The molecular weight excluding hydrogens is 254 g/mol. The Labute approximate surface area is 108 Å². The molecule has 7 heteroatoms. The third kappa shape index (κ3) is 3.64. The fraction of sp³-hybridized carbons (Fsp3) is 0.636. The first-order valence-electron chi connectivity index (χ1n) is 5.62. The van der Waals surface area contributed by atoms with Crippen molar-refractivity contribution in [1.82, 2.24) is 14.5 Å². The molecule has 6 nitrogen and oxygen atoms in total. The van der Waals surface area contributed by atoms with Gasteiger partial charge in [-0.2, -0.15) is 0 Å². The molecule has 18 heavy (non-hydrogen) atoms. The molecule has 0 aromatic carbocycles. The van der Waals surface area contributed by atoms with Crippen molar-refractivity contribution in [2.24, 2.45) is 14.1 Å². The smallest absolute Gasteiger partial charge is 0.308 e. The van der Waals surface area contributed by atoms with E-state index in [-0.39, 0.29) is 17.3 Å². The van der Waals surface area contributed by atoms with Gasteiger partial charge in [0.2, 0.25) is 0 Å². The van der Waals surface area contributed by atoms with Crippen LogP contribution in [-0.4, -0.2) is 31.4 Å². The molecule has 102 valence electrons. The number of rotatable bonds is 5. The van der Waals surface area contributed by atoms with Gasteiger partial charge in [0.1, 0.15) is 0 Å². The minimum absolute atomic E-state index is 0.0648. The molecule has 1 aromatic heterocycles. The predicted molar refractivity (Wildman–Crippen MR) is 72.2 cm³/mol. The Morgan fingerprint density at radius 3 is 2.50 bits per heavy atom.